The molecule has 2 aliphatic heterocycles. The number of rotatable bonds is 9. The highest BCUT2D eigenvalue weighted by Crippen LogP contribution is 2.34. The molecule has 2 aromatic carbocycles. The van der Waals surface area contributed by atoms with E-state index in [1.165, 1.54) is 0 Å². The molecule has 2 amide bonds. The molecule has 7 heteroatoms. The number of piperidine rings is 1. The van der Waals surface area contributed by atoms with E-state index >= 15 is 0 Å². The Morgan fingerprint density at radius 3 is 2.54 bits per heavy atom. The van der Waals surface area contributed by atoms with Gasteiger partial charge in [0.25, 0.3) is 0 Å². The molecule has 0 spiro atoms. The molecule has 0 radical (unpaired) electrons. The van der Waals surface area contributed by atoms with Crippen molar-refractivity contribution in [3.05, 3.63) is 59.7 Å². The lowest BCUT2D eigenvalue weighted by Gasteiger charge is -2.34. The van der Waals surface area contributed by atoms with E-state index < -0.39 is 5.54 Å². The fraction of sp³-hybridized carbons (Fsp3) is 0.464. The summed E-state index contributed by atoms with van der Waals surface area (Å²) in [5.74, 6) is 1.30. The quantitative estimate of drug-likeness (QED) is 0.554. The molecule has 0 saturated carbocycles. The first-order valence-electron chi connectivity index (χ1n) is 12.3. The summed E-state index contributed by atoms with van der Waals surface area (Å²) < 4.78 is 10.8. The van der Waals surface area contributed by atoms with Gasteiger partial charge in [0, 0.05) is 43.0 Å². The van der Waals surface area contributed by atoms with Gasteiger partial charge in [-0.25, -0.2) is 0 Å². The summed E-state index contributed by atoms with van der Waals surface area (Å²) >= 11 is 0. The third kappa shape index (κ3) is 5.84. The number of ether oxygens (including phenoxy) is 2. The van der Waals surface area contributed by atoms with Gasteiger partial charge in [-0.05, 0) is 49.8 Å². The lowest BCUT2D eigenvalue weighted by atomic mass is 9.84. The van der Waals surface area contributed by atoms with E-state index in [2.05, 4.69) is 5.32 Å². The lowest BCUT2D eigenvalue weighted by molar-refractivity contribution is -0.133. The van der Waals surface area contributed by atoms with Crippen molar-refractivity contribution in [1.29, 1.82) is 0 Å². The number of likely N-dealkylation sites (tertiary alicyclic amines) is 1. The number of hydrogen-bond donors (Lipinski definition) is 1. The number of amides is 2. The van der Waals surface area contributed by atoms with Crippen molar-refractivity contribution in [3.63, 3.8) is 0 Å². The van der Waals surface area contributed by atoms with Crippen molar-refractivity contribution in [3.8, 4) is 11.5 Å². The van der Waals surface area contributed by atoms with Crippen LogP contribution in [0.1, 0.15) is 54.4 Å². The van der Waals surface area contributed by atoms with Gasteiger partial charge in [-0.3, -0.25) is 14.4 Å². The Hall–Kier alpha value is -3.35. The average molecular weight is 479 g/mol. The van der Waals surface area contributed by atoms with Gasteiger partial charge in [0.2, 0.25) is 11.8 Å². The Labute approximate surface area is 206 Å². The van der Waals surface area contributed by atoms with Crippen LogP contribution in [0.15, 0.2) is 48.5 Å². The van der Waals surface area contributed by atoms with E-state index in [0.717, 1.165) is 18.4 Å². The third-order valence-electron chi connectivity index (χ3n) is 7.25. The zero-order chi connectivity index (χ0) is 24.8. The third-order valence-corrected chi connectivity index (χ3v) is 7.25. The van der Waals surface area contributed by atoms with Crippen LogP contribution in [0, 0.1) is 5.92 Å². The summed E-state index contributed by atoms with van der Waals surface area (Å²) in [5, 5.41) is 3.15. The Morgan fingerprint density at radius 2 is 1.86 bits per heavy atom. The van der Waals surface area contributed by atoms with Gasteiger partial charge < -0.3 is 19.7 Å². The molecular weight excluding hydrogens is 444 g/mol. The minimum atomic E-state index is -0.471. The van der Waals surface area contributed by atoms with Crippen molar-refractivity contribution in [1.82, 2.24) is 10.2 Å². The van der Waals surface area contributed by atoms with Gasteiger partial charge >= 0.3 is 0 Å². The predicted molar refractivity (Wildman–Crippen MR) is 133 cm³/mol. The van der Waals surface area contributed by atoms with Crippen molar-refractivity contribution in [2.45, 2.75) is 50.5 Å². The normalized spacial score (nSPS) is 21.9. The molecule has 186 valence electrons. The van der Waals surface area contributed by atoms with Crippen LogP contribution < -0.4 is 14.8 Å². The van der Waals surface area contributed by atoms with Gasteiger partial charge in [0.05, 0.1) is 14.2 Å². The highest BCUT2D eigenvalue weighted by atomic mass is 16.5. The smallest absolute Gasteiger partial charge is 0.222 e. The van der Waals surface area contributed by atoms with Crippen LogP contribution in [0.4, 0.5) is 0 Å². The topological polar surface area (TPSA) is 84.9 Å². The molecule has 0 aromatic heterocycles. The van der Waals surface area contributed by atoms with E-state index in [9.17, 15) is 14.4 Å². The molecule has 0 unspecified atom stereocenters. The zero-order valence-electron chi connectivity index (χ0n) is 20.5. The fourth-order valence-corrected chi connectivity index (χ4v) is 5.32. The maximum atomic E-state index is 13.2. The first-order chi connectivity index (χ1) is 16.9. The average Bonchev–Trinajstić information content (AvgIpc) is 3.27. The highest BCUT2D eigenvalue weighted by Gasteiger charge is 2.39. The number of benzene rings is 2. The maximum absolute atomic E-state index is 13.2. The second kappa shape index (κ2) is 10.9. The molecule has 2 fully saturated rings. The van der Waals surface area contributed by atoms with E-state index in [1.54, 1.807) is 14.2 Å². The van der Waals surface area contributed by atoms with Crippen molar-refractivity contribution >= 4 is 17.6 Å². The predicted octanol–water partition coefficient (Wildman–Crippen LogP) is 3.80. The van der Waals surface area contributed by atoms with Gasteiger partial charge in [-0.2, -0.15) is 0 Å². The van der Waals surface area contributed by atoms with Crippen LogP contribution in [-0.4, -0.2) is 55.3 Å². The van der Waals surface area contributed by atoms with Gasteiger partial charge in [0.15, 0.2) is 17.3 Å². The molecule has 0 aliphatic carbocycles. The summed E-state index contributed by atoms with van der Waals surface area (Å²) in [6.45, 7) is 1.13. The molecule has 35 heavy (non-hydrogen) atoms. The standard InChI is InChI=1S/C28H34N2O5/c1-34-23-11-10-20(17-24(23)35-2)18-28(14-12-25(31)29-28)15-13-26(32)30-16-6-9-22(19-30)27(33)21-7-4-3-5-8-21/h3-5,7-8,10-11,17,22H,6,9,12-16,18-19H2,1-2H3,(H,29,31)/t22-,28-/m1/s1. The molecule has 2 aromatic rings. The maximum Gasteiger partial charge on any atom is 0.222 e. The van der Waals surface area contributed by atoms with Gasteiger partial charge in [0.1, 0.15) is 0 Å². The van der Waals surface area contributed by atoms with Crippen LogP contribution in [0.5, 0.6) is 11.5 Å². The number of hydrogen-bond acceptors (Lipinski definition) is 5. The van der Waals surface area contributed by atoms with Crippen LogP contribution in [0.3, 0.4) is 0 Å². The summed E-state index contributed by atoms with van der Waals surface area (Å²) in [6.07, 6.45) is 4.27. The Kier molecular flexibility index (Phi) is 7.73. The zero-order valence-corrected chi connectivity index (χ0v) is 20.5. The molecular formula is C28H34N2O5. The Bertz CT molecular complexity index is 1070. The largest absolute Gasteiger partial charge is 0.493 e. The van der Waals surface area contributed by atoms with Crippen LogP contribution in [0.2, 0.25) is 0 Å². The van der Waals surface area contributed by atoms with Crippen LogP contribution in [-0.2, 0) is 16.0 Å². The molecule has 2 heterocycles. The number of carbonyl (C=O) groups excluding carboxylic acids is 3. The minimum Gasteiger partial charge on any atom is -0.493 e. The molecule has 4 rings (SSSR count). The summed E-state index contributed by atoms with van der Waals surface area (Å²) in [7, 11) is 3.20. The SMILES string of the molecule is COc1ccc(C[C@]2(CCC(=O)N3CCC[C@@H](C(=O)c4ccccc4)C3)CCC(=O)N2)cc1OC. The van der Waals surface area contributed by atoms with Gasteiger partial charge in [-0.1, -0.05) is 36.4 Å². The molecule has 2 aliphatic rings. The molecule has 0 bridgehead atoms. The van der Waals surface area contributed by atoms with E-state index in [0.29, 0.717) is 62.3 Å². The number of nitrogens with zero attached hydrogens (tertiary/aromatic N) is 1. The highest BCUT2D eigenvalue weighted by molar-refractivity contribution is 5.98. The Morgan fingerprint density at radius 1 is 1.09 bits per heavy atom. The monoisotopic (exact) mass is 478 g/mol. The number of methoxy groups -OCH3 is 2. The summed E-state index contributed by atoms with van der Waals surface area (Å²) in [5.41, 5.74) is 1.25. The van der Waals surface area contributed by atoms with Crippen LogP contribution >= 0.6 is 0 Å². The first-order valence-corrected chi connectivity index (χ1v) is 12.3. The first kappa shape index (κ1) is 24.8. The summed E-state index contributed by atoms with van der Waals surface area (Å²) in [4.78, 5) is 40.1. The fourth-order valence-electron chi connectivity index (χ4n) is 5.32. The Balaban J connectivity index is 1.40. The van der Waals surface area contributed by atoms with E-state index in [1.807, 2.05) is 53.4 Å². The molecule has 2 atom stereocenters. The van der Waals surface area contributed by atoms with Crippen molar-refractivity contribution in [2.75, 3.05) is 27.3 Å². The van der Waals surface area contributed by atoms with E-state index in [-0.39, 0.29) is 23.5 Å². The second-order valence-electron chi connectivity index (χ2n) is 9.60. The molecule has 2 saturated heterocycles. The van der Waals surface area contributed by atoms with Crippen molar-refractivity contribution < 1.29 is 23.9 Å². The number of Topliss-reactive ketones (excluding diaryl/α,β-unsaturated/α-hetero) is 1. The van der Waals surface area contributed by atoms with Gasteiger partial charge in [-0.15, -0.1) is 0 Å². The number of nitrogens with one attached hydrogen (secondary N) is 1. The molecule has 1 N–H and O–H groups in total. The lowest BCUT2D eigenvalue weighted by Crippen LogP contribution is -2.46. The van der Waals surface area contributed by atoms with Crippen molar-refractivity contribution in [2.24, 2.45) is 5.92 Å². The molecule has 7 nitrogen and oxygen atoms in total. The number of ketones is 1. The summed E-state index contributed by atoms with van der Waals surface area (Å²) in [6, 6.07) is 15.1. The van der Waals surface area contributed by atoms with Crippen LogP contribution in [0.25, 0.3) is 0 Å². The number of carbonyl (C=O) groups is 3. The minimum absolute atomic E-state index is 0.0180. The second-order valence-corrected chi connectivity index (χ2v) is 9.60. The van der Waals surface area contributed by atoms with E-state index in [4.69, 9.17) is 9.47 Å².